The van der Waals surface area contributed by atoms with E-state index in [1.807, 2.05) is 0 Å². The second kappa shape index (κ2) is 6.60. The molecule has 0 amide bonds. The molecule has 1 fully saturated rings. The molecule has 1 unspecified atom stereocenters. The summed E-state index contributed by atoms with van der Waals surface area (Å²) in [5.41, 5.74) is 0.0581. The Balaban J connectivity index is 2.00. The van der Waals surface area contributed by atoms with Crippen molar-refractivity contribution in [3.05, 3.63) is 21.6 Å². The largest absolute Gasteiger partial charge is 0.379 e. The highest BCUT2D eigenvalue weighted by Gasteiger charge is 2.15. The molecule has 1 aromatic rings. The highest BCUT2D eigenvalue weighted by atomic mass is 35.5. The van der Waals surface area contributed by atoms with E-state index >= 15 is 0 Å². The molecule has 1 N–H and O–H groups in total. The summed E-state index contributed by atoms with van der Waals surface area (Å²) in [4.78, 5) is 12.0. The molecule has 1 atom stereocenters. The molecule has 0 radical (unpaired) electrons. The maximum absolute atomic E-state index is 12.0. The Hall–Kier alpha value is -1.51. The Bertz CT molecular complexity index is 530. The minimum Gasteiger partial charge on any atom is -0.379 e. The van der Waals surface area contributed by atoms with E-state index in [1.54, 1.807) is 0 Å². The second-order valence-corrected chi connectivity index (χ2v) is 4.79. The normalized spacial score (nSPS) is 18.2. The number of nitrogens with zero attached hydrogens (tertiary/aromatic N) is 2. The van der Waals surface area contributed by atoms with E-state index < -0.39 is 0 Å². The fourth-order valence-corrected chi connectivity index (χ4v) is 2.25. The van der Waals surface area contributed by atoms with Crippen molar-refractivity contribution in [3.63, 3.8) is 0 Å². The third-order valence-electron chi connectivity index (χ3n) is 3.03. The van der Waals surface area contributed by atoms with Gasteiger partial charge in [0.05, 0.1) is 17.3 Å². The fourth-order valence-electron chi connectivity index (χ4n) is 2.06. The standard InChI is InChI=1S/C13H16ClN3O2/c1-2-7-17-13(18)12(11(14)9-16-17)15-6-5-10-4-3-8-19-10/h1,9-10,15H,3-8H2. The predicted octanol–water partition coefficient (Wildman–Crippen LogP) is 1.51. The zero-order valence-electron chi connectivity index (χ0n) is 10.6. The van der Waals surface area contributed by atoms with Gasteiger partial charge in [-0.15, -0.1) is 6.42 Å². The number of rotatable bonds is 5. The Morgan fingerprint density at radius 2 is 2.53 bits per heavy atom. The number of terminal acetylenes is 1. The van der Waals surface area contributed by atoms with Gasteiger partial charge in [0.15, 0.2) is 0 Å². The highest BCUT2D eigenvalue weighted by molar-refractivity contribution is 6.32. The second-order valence-electron chi connectivity index (χ2n) is 4.38. The van der Waals surface area contributed by atoms with E-state index in [1.165, 1.54) is 10.9 Å². The lowest BCUT2D eigenvalue weighted by Crippen LogP contribution is -2.26. The molecule has 0 aliphatic carbocycles. The van der Waals surface area contributed by atoms with Gasteiger partial charge in [-0.25, -0.2) is 4.68 Å². The molecule has 0 aromatic carbocycles. The van der Waals surface area contributed by atoms with Crippen molar-refractivity contribution in [2.75, 3.05) is 18.5 Å². The van der Waals surface area contributed by atoms with Gasteiger partial charge in [0.25, 0.3) is 5.56 Å². The molecule has 1 aliphatic rings. The highest BCUT2D eigenvalue weighted by Crippen LogP contribution is 2.17. The maximum Gasteiger partial charge on any atom is 0.292 e. The van der Waals surface area contributed by atoms with Crippen molar-refractivity contribution in [2.24, 2.45) is 0 Å². The fraction of sp³-hybridized carbons (Fsp3) is 0.538. The molecule has 19 heavy (non-hydrogen) atoms. The molecule has 0 bridgehead atoms. The van der Waals surface area contributed by atoms with E-state index in [0.29, 0.717) is 17.3 Å². The van der Waals surface area contributed by atoms with Crippen LogP contribution in [-0.2, 0) is 11.3 Å². The molecule has 1 saturated heterocycles. The first-order valence-corrected chi connectivity index (χ1v) is 6.64. The Morgan fingerprint density at radius 1 is 1.68 bits per heavy atom. The summed E-state index contributed by atoms with van der Waals surface area (Å²) in [5.74, 6) is 2.38. The van der Waals surface area contributed by atoms with Gasteiger partial charge in [0.2, 0.25) is 0 Å². The summed E-state index contributed by atoms with van der Waals surface area (Å²) in [6, 6.07) is 0. The van der Waals surface area contributed by atoms with Gasteiger partial charge in [0.1, 0.15) is 12.2 Å². The Morgan fingerprint density at radius 3 is 3.21 bits per heavy atom. The van der Waals surface area contributed by atoms with Crippen molar-refractivity contribution < 1.29 is 4.74 Å². The van der Waals surface area contributed by atoms with Crippen LogP contribution in [0.3, 0.4) is 0 Å². The van der Waals surface area contributed by atoms with E-state index in [9.17, 15) is 4.79 Å². The summed E-state index contributed by atoms with van der Waals surface area (Å²) < 4.78 is 6.73. The zero-order chi connectivity index (χ0) is 13.7. The van der Waals surface area contributed by atoms with Crippen LogP contribution in [0.1, 0.15) is 19.3 Å². The first-order chi connectivity index (χ1) is 9.22. The molecule has 2 heterocycles. The van der Waals surface area contributed by atoms with Gasteiger partial charge in [-0.1, -0.05) is 17.5 Å². The number of ether oxygens (including phenoxy) is 1. The minimum atomic E-state index is -0.294. The lowest BCUT2D eigenvalue weighted by Gasteiger charge is -2.12. The molecule has 2 rings (SSSR count). The molecule has 1 aromatic heterocycles. The van der Waals surface area contributed by atoms with E-state index in [4.69, 9.17) is 22.8 Å². The molecular formula is C13H16ClN3O2. The van der Waals surface area contributed by atoms with Crippen LogP contribution in [0.5, 0.6) is 0 Å². The zero-order valence-corrected chi connectivity index (χ0v) is 11.3. The van der Waals surface area contributed by atoms with Gasteiger partial charge in [0, 0.05) is 13.2 Å². The van der Waals surface area contributed by atoms with Crippen LogP contribution >= 0.6 is 11.6 Å². The molecule has 5 nitrogen and oxygen atoms in total. The third kappa shape index (κ3) is 3.49. The minimum absolute atomic E-state index is 0.135. The maximum atomic E-state index is 12.0. The number of aromatic nitrogens is 2. The van der Waals surface area contributed by atoms with Crippen LogP contribution in [0.4, 0.5) is 5.69 Å². The Kier molecular flexibility index (Phi) is 4.83. The number of nitrogens with one attached hydrogen (secondary N) is 1. The smallest absolute Gasteiger partial charge is 0.292 e. The van der Waals surface area contributed by atoms with Crippen molar-refractivity contribution in [1.82, 2.24) is 9.78 Å². The molecule has 0 spiro atoms. The molecule has 1 aliphatic heterocycles. The van der Waals surface area contributed by atoms with Crippen molar-refractivity contribution >= 4 is 17.3 Å². The van der Waals surface area contributed by atoms with Crippen LogP contribution < -0.4 is 10.9 Å². The summed E-state index contributed by atoms with van der Waals surface area (Å²) in [7, 11) is 0. The van der Waals surface area contributed by atoms with Crippen molar-refractivity contribution in [3.8, 4) is 12.3 Å². The van der Waals surface area contributed by atoms with Crippen molar-refractivity contribution in [2.45, 2.75) is 31.9 Å². The van der Waals surface area contributed by atoms with Gasteiger partial charge in [-0.3, -0.25) is 4.79 Å². The average molecular weight is 282 g/mol. The molecular weight excluding hydrogens is 266 g/mol. The molecule has 102 valence electrons. The quantitative estimate of drug-likeness (QED) is 0.831. The number of halogens is 1. The van der Waals surface area contributed by atoms with Gasteiger partial charge < -0.3 is 10.1 Å². The first kappa shape index (κ1) is 13.9. The Labute approximate surface area is 116 Å². The average Bonchev–Trinajstić information content (AvgIpc) is 2.90. The van der Waals surface area contributed by atoms with Gasteiger partial charge >= 0.3 is 0 Å². The molecule has 0 saturated carbocycles. The molecule has 6 heteroatoms. The predicted molar refractivity (Wildman–Crippen MR) is 74.4 cm³/mol. The van der Waals surface area contributed by atoms with E-state index in [0.717, 1.165) is 25.9 Å². The summed E-state index contributed by atoms with van der Waals surface area (Å²) in [6.07, 6.45) is 9.92. The third-order valence-corrected chi connectivity index (χ3v) is 3.32. The summed E-state index contributed by atoms with van der Waals surface area (Å²) >= 11 is 5.98. The summed E-state index contributed by atoms with van der Waals surface area (Å²) in [5, 5.41) is 7.24. The number of hydrogen-bond donors (Lipinski definition) is 1. The monoisotopic (exact) mass is 281 g/mol. The van der Waals surface area contributed by atoms with Crippen molar-refractivity contribution in [1.29, 1.82) is 0 Å². The van der Waals surface area contributed by atoms with Gasteiger partial charge in [-0.05, 0) is 19.3 Å². The topological polar surface area (TPSA) is 56.1 Å². The van der Waals surface area contributed by atoms with E-state index in [2.05, 4.69) is 16.3 Å². The lowest BCUT2D eigenvalue weighted by molar-refractivity contribution is 0.107. The van der Waals surface area contributed by atoms with Gasteiger partial charge in [-0.2, -0.15) is 5.10 Å². The number of anilines is 1. The lowest BCUT2D eigenvalue weighted by atomic mass is 10.2. The van der Waals surface area contributed by atoms with Crippen LogP contribution in [0.25, 0.3) is 0 Å². The number of hydrogen-bond acceptors (Lipinski definition) is 4. The van der Waals surface area contributed by atoms with Crippen LogP contribution in [0.15, 0.2) is 11.0 Å². The summed E-state index contributed by atoms with van der Waals surface area (Å²) in [6.45, 7) is 1.60. The SMILES string of the molecule is C#CCn1ncc(Cl)c(NCCC2CCCO2)c1=O. The van der Waals surface area contributed by atoms with Crippen LogP contribution in [0.2, 0.25) is 5.02 Å². The van der Waals surface area contributed by atoms with Crippen LogP contribution in [0, 0.1) is 12.3 Å². The van der Waals surface area contributed by atoms with Crippen LogP contribution in [-0.4, -0.2) is 29.0 Å². The van der Waals surface area contributed by atoms with E-state index in [-0.39, 0.29) is 18.2 Å². The first-order valence-electron chi connectivity index (χ1n) is 6.27.